The molecule has 23 heavy (non-hydrogen) atoms. The Hall–Kier alpha value is -2.18. The fourth-order valence-electron chi connectivity index (χ4n) is 2.65. The normalized spacial score (nSPS) is 17.8. The van der Waals surface area contributed by atoms with Crippen molar-refractivity contribution in [3.63, 3.8) is 0 Å². The molecule has 1 aliphatic rings. The minimum Gasteiger partial charge on any atom is -0.391 e. The van der Waals surface area contributed by atoms with Gasteiger partial charge < -0.3 is 15.3 Å². The van der Waals surface area contributed by atoms with Crippen molar-refractivity contribution in [3.8, 4) is 0 Å². The number of rotatable bonds is 3. The second-order valence-electron chi connectivity index (χ2n) is 5.59. The molecule has 1 atom stereocenters. The molecule has 0 unspecified atom stereocenters. The molecule has 2 aromatic rings. The second-order valence-corrected chi connectivity index (χ2v) is 6.37. The standard InChI is InChI=1S/C17H18N2O3S/c20-15-5-2-7-19(10-15)17(22)12-3-1-4-14(9-12)18-16(21)13-6-8-23-11-13/h1,3-4,6,8-9,11,15,20H,2,5,7,10H2,(H,18,21)/t15-/m1/s1. The first-order chi connectivity index (χ1) is 11.1. The molecule has 0 spiro atoms. The zero-order chi connectivity index (χ0) is 16.2. The molecule has 0 aliphatic carbocycles. The van der Waals surface area contributed by atoms with Gasteiger partial charge in [0.25, 0.3) is 11.8 Å². The van der Waals surface area contributed by atoms with Gasteiger partial charge in [-0.3, -0.25) is 9.59 Å². The van der Waals surface area contributed by atoms with Crippen LogP contribution < -0.4 is 5.32 Å². The molecule has 0 bridgehead atoms. The third-order valence-corrected chi connectivity index (χ3v) is 4.52. The highest BCUT2D eigenvalue weighted by molar-refractivity contribution is 7.08. The number of β-amino-alcohol motifs (C(OH)–C–C–N with tert-alkyl or cyclic N) is 1. The van der Waals surface area contributed by atoms with Crippen molar-refractivity contribution < 1.29 is 14.7 Å². The van der Waals surface area contributed by atoms with Gasteiger partial charge >= 0.3 is 0 Å². The molecule has 2 N–H and O–H groups in total. The van der Waals surface area contributed by atoms with Gasteiger partial charge in [0.1, 0.15) is 0 Å². The zero-order valence-electron chi connectivity index (χ0n) is 12.6. The first-order valence-corrected chi connectivity index (χ1v) is 8.49. The first-order valence-electron chi connectivity index (χ1n) is 7.54. The summed E-state index contributed by atoms with van der Waals surface area (Å²) in [6.07, 6.45) is 1.09. The van der Waals surface area contributed by atoms with Gasteiger partial charge in [-0.1, -0.05) is 6.07 Å². The number of aliphatic hydroxyl groups excluding tert-OH is 1. The van der Waals surface area contributed by atoms with Crippen LogP contribution in [-0.4, -0.2) is 41.0 Å². The summed E-state index contributed by atoms with van der Waals surface area (Å²) >= 11 is 1.46. The average molecular weight is 330 g/mol. The first kappa shape index (κ1) is 15.7. The second kappa shape index (κ2) is 6.93. The van der Waals surface area contributed by atoms with Crippen LogP contribution in [-0.2, 0) is 0 Å². The van der Waals surface area contributed by atoms with E-state index in [1.807, 2.05) is 5.38 Å². The van der Waals surface area contributed by atoms with Crippen molar-refractivity contribution in [1.82, 2.24) is 4.90 Å². The summed E-state index contributed by atoms with van der Waals surface area (Å²) in [6, 6.07) is 8.66. The molecule has 2 heterocycles. The lowest BCUT2D eigenvalue weighted by molar-refractivity contribution is 0.0474. The van der Waals surface area contributed by atoms with Crippen LogP contribution in [0.4, 0.5) is 5.69 Å². The zero-order valence-corrected chi connectivity index (χ0v) is 13.4. The lowest BCUT2D eigenvalue weighted by Crippen LogP contribution is -2.42. The molecule has 6 heteroatoms. The number of nitrogens with one attached hydrogen (secondary N) is 1. The highest BCUT2D eigenvalue weighted by Gasteiger charge is 2.23. The van der Waals surface area contributed by atoms with E-state index in [2.05, 4.69) is 5.32 Å². The Morgan fingerprint density at radius 1 is 1.26 bits per heavy atom. The topological polar surface area (TPSA) is 69.6 Å². The van der Waals surface area contributed by atoms with Crippen LogP contribution in [0.15, 0.2) is 41.1 Å². The molecule has 2 amide bonds. The summed E-state index contributed by atoms with van der Waals surface area (Å²) in [5.74, 6) is -0.306. The summed E-state index contributed by atoms with van der Waals surface area (Å²) in [4.78, 5) is 26.2. The third-order valence-electron chi connectivity index (χ3n) is 3.83. The number of nitrogens with zero attached hydrogens (tertiary/aromatic N) is 1. The van der Waals surface area contributed by atoms with Crippen LogP contribution in [0, 0.1) is 0 Å². The van der Waals surface area contributed by atoms with Crippen LogP contribution in [0.25, 0.3) is 0 Å². The van der Waals surface area contributed by atoms with Crippen molar-refractivity contribution in [2.45, 2.75) is 18.9 Å². The van der Waals surface area contributed by atoms with E-state index in [0.29, 0.717) is 29.9 Å². The Morgan fingerprint density at radius 2 is 2.13 bits per heavy atom. The molecule has 1 aromatic carbocycles. The average Bonchev–Trinajstić information content (AvgIpc) is 3.09. The van der Waals surface area contributed by atoms with Crippen molar-refractivity contribution in [2.75, 3.05) is 18.4 Å². The Bertz CT molecular complexity index is 700. The Morgan fingerprint density at radius 3 is 2.87 bits per heavy atom. The number of hydrogen-bond acceptors (Lipinski definition) is 4. The van der Waals surface area contributed by atoms with E-state index >= 15 is 0 Å². The number of thiophene rings is 1. The van der Waals surface area contributed by atoms with Crippen LogP contribution >= 0.6 is 11.3 Å². The van der Waals surface area contributed by atoms with E-state index in [1.165, 1.54) is 11.3 Å². The van der Waals surface area contributed by atoms with Crippen LogP contribution in [0.1, 0.15) is 33.6 Å². The van der Waals surface area contributed by atoms with Crippen LogP contribution in [0.5, 0.6) is 0 Å². The number of amides is 2. The van der Waals surface area contributed by atoms with E-state index in [1.54, 1.807) is 40.6 Å². The maximum absolute atomic E-state index is 12.5. The highest BCUT2D eigenvalue weighted by atomic mass is 32.1. The number of piperidine rings is 1. The molecule has 0 saturated carbocycles. The van der Waals surface area contributed by atoms with Crippen molar-refractivity contribution in [3.05, 3.63) is 52.2 Å². The van der Waals surface area contributed by atoms with Crippen LogP contribution in [0.3, 0.4) is 0 Å². The number of benzene rings is 1. The number of anilines is 1. The van der Waals surface area contributed by atoms with Gasteiger partial charge in [0.2, 0.25) is 0 Å². The van der Waals surface area contributed by atoms with E-state index in [0.717, 1.165) is 12.8 Å². The van der Waals surface area contributed by atoms with E-state index in [4.69, 9.17) is 0 Å². The molecule has 3 rings (SSSR count). The lowest BCUT2D eigenvalue weighted by atomic mass is 10.1. The Kier molecular flexibility index (Phi) is 4.73. The van der Waals surface area contributed by atoms with E-state index < -0.39 is 6.10 Å². The molecule has 1 aromatic heterocycles. The smallest absolute Gasteiger partial charge is 0.256 e. The highest BCUT2D eigenvalue weighted by Crippen LogP contribution is 2.18. The number of likely N-dealkylation sites (tertiary alicyclic amines) is 1. The molecule has 120 valence electrons. The summed E-state index contributed by atoms with van der Waals surface area (Å²) in [5.41, 5.74) is 1.71. The van der Waals surface area contributed by atoms with Crippen molar-refractivity contribution >= 4 is 28.8 Å². The van der Waals surface area contributed by atoms with Gasteiger partial charge in [-0.25, -0.2) is 0 Å². The number of carbonyl (C=O) groups is 2. The predicted molar refractivity (Wildman–Crippen MR) is 89.9 cm³/mol. The van der Waals surface area contributed by atoms with Gasteiger partial charge in [-0.05, 0) is 42.5 Å². The van der Waals surface area contributed by atoms with Crippen molar-refractivity contribution in [2.24, 2.45) is 0 Å². The molecule has 1 aliphatic heterocycles. The molecule has 0 radical (unpaired) electrons. The number of hydrogen-bond donors (Lipinski definition) is 2. The lowest BCUT2D eigenvalue weighted by Gasteiger charge is -2.30. The van der Waals surface area contributed by atoms with Gasteiger partial charge in [0.05, 0.1) is 11.7 Å². The van der Waals surface area contributed by atoms with Gasteiger partial charge in [0, 0.05) is 29.7 Å². The van der Waals surface area contributed by atoms with Gasteiger partial charge in [-0.15, -0.1) is 0 Å². The van der Waals surface area contributed by atoms with E-state index in [9.17, 15) is 14.7 Å². The molecule has 1 saturated heterocycles. The third kappa shape index (κ3) is 3.78. The van der Waals surface area contributed by atoms with Crippen molar-refractivity contribution in [1.29, 1.82) is 0 Å². The SMILES string of the molecule is O=C(Nc1cccc(C(=O)N2CCC[C@@H](O)C2)c1)c1ccsc1. The van der Waals surface area contributed by atoms with Gasteiger partial charge in [-0.2, -0.15) is 11.3 Å². The Labute approximate surface area is 138 Å². The Balaban J connectivity index is 1.72. The number of aliphatic hydroxyl groups is 1. The minimum absolute atomic E-state index is 0.115. The molecule has 5 nitrogen and oxygen atoms in total. The molecular weight excluding hydrogens is 312 g/mol. The van der Waals surface area contributed by atoms with Gasteiger partial charge in [0.15, 0.2) is 0 Å². The largest absolute Gasteiger partial charge is 0.391 e. The minimum atomic E-state index is -0.450. The summed E-state index contributed by atoms with van der Waals surface area (Å²) in [5, 5.41) is 16.1. The fraction of sp³-hybridized carbons (Fsp3) is 0.294. The maximum atomic E-state index is 12.5. The molecule has 1 fully saturated rings. The fourth-order valence-corrected chi connectivity index (χ4v) is 3.28. The monoisotopic (exact) mass is 330 g/mol. The van der Waals surface area contributed by atoms with E-state index in [-0.39, 0.29) is 11.8 Å². The van der Waals surface area contributed by atoms with Crippen LogP contribution in [0.2, 0.25) is 0 Å². The molecular formula is C17H18N2O3S. The summed E-state index contributed by atoms with van der Waals surface area (Å²) in [6.45, 7) is 1.02. The maximum Gasteiger partial charge on any atom is 0.256 e. The number of carbonyl (C=O) groups excluding carboxylic acids is 2. The summed E-state index contributed by atoms with van der Waals surface area (Å²) < 4.78 is 0. The quantitative estimate of drug-likeness (QED) is 0.909. The predicted octanol–water partition coefficient (Wildman–Crippen LogP) is 2.60. The summed E-state index contributed by atoms with van der Waals surface area (Å²) in [7, 11) is 0.